The van der Waals surface area contributed by atoms with E-state index in [-0.39, 0.29) is 6.03 Å². The van der Waals surface area contributed by atoms with Gasteiger partial charge in [-0.2, -0.15) is 4.31 Å². The van der Waals surface area contributed by atoms with Gasteiger partial charge in [0.1, 0.15) is 0 Å². The molecule has 28 heavy (non-hydrogen) atoms. The average molecular weight is 400 g/mol. The molecule has 0 aliphatic carbocycles. The summed E-state index contributed by atoms with van der Waals surface area (Å²) in [5.74, 6) is 0. The van der Waals surface area contributed by atoms with E-state index in [1.807, 2.05) is 36.4 Å². The zero-order valence-electron chi connectivity index (χ0n) is 15.8. The number of urea groups is 1. The molecule has 0 spiro atoms. The number of hydrogen-bond acceptors (Lipinski definition) is 3. The van der Waals surface area contributed by atoms with Crippen LogP contribution in [0.1, 0.15) is 30.4 Å². The zero-order chi connectivity index (χ0) is 19.6. The normalized spacial score (nSPS) is 17.8. The molecule has 2 aliphatic heterocycles. The van der Waals surface area contributed by atoms with E-state index in [9.17, 15) is 13.2 Å². The van der Waals surface area contributed by atoms with Gasteiger partial charge in [-0.3, -0.25) is 0 Å². The quantitative estimate of drug-likeness (QED) is 0.859. The van der Waals surface area contributed by atoms with E-state index in [0.29, 0.717) is 31.1 Å². The minimum Gasteiger partial charge on any atom is -0.320 e. The number of hydrogen-bond donors (Lipinski definition) is 1. The molecule has 0 saturated carbocycles. The van der Waals surface area contributed by atoms with Gasteiger partial charge in [-0.05, 0) is 54.7 Å². The molecular weight excluding hydrogens is 374 g/mol. The molecule has 2 aromatic rings. The summed E-state index contributed by atoms with van der Waals surface area (Å²) in [6.45, 7) is 2.21. The van der Waals surface area contributed by atoms with Crippen LogP contribution in [0.3, 0.4) is 0 Å². The van der Waals surface area contributed by atoms with Crippen molar-refractivity contribution in [1.82, 2.24) is 9.21 Å². The molecule has 0 radical (unpaired) electrons. The molecule has 7 heteroatoms. The molecule has 4 rings (SSSR count). The molecule has 2 heterocycles. The van der Waals surface area contributed by atoms with Gasteiger partial charge in [-0.1, -0.05) is 30.7 Å². The lowest BCUT2D eigenvalue weighted by atomic mass is 10.0. The zero-order valence-corrected chi connectivity index (χ0v) is 16.6. The van der Waals surface area contributed by atoms with Gasteiger partial charge in [0.2, 0.25) is 10.0 Å². The number of sulfonamides is 1. The number of fused-ring (bicyclic) bond motifs is 1. The Hall–Kier alpha value is -2.38. The number of anilines is 1. The van der Waals surface area contributed by atoms with Crippen LogP contribution in [0.2, 0.25) is 0 Å². The van der Waals surface area contributed by atoms with Gasteiger partial charge in [-0.25, -0.2) is 13.2 Å². The number of nitrogens with one attached hydrogen (secondary N) is 1. The van der Waals surface area contributed by atoms with Crippen LogP contribution < -0.4 is 5.32 Å². The summed E-state index contributed by atoms with van der Waals surface area (Å²) in [6, 6.07) is 14.5. The molecule has 1 saturated heterocycles. The Morgan fingerprint density at radius 3 is 2.39 bits per heavy atom. The fraction of sp³-hybridized carbons (Fsp3) is 0.381. The topological polar surface area (TPSA) is 69.7 Å². The highest BCUT2D eigenvalue weighted by atomic mass is 32.2. The second-order valence-electron chi connectivity index (χ2n) is 7.36. The first-order chi connectivity index (χ1) is 13.5. The monoisotopic (exact) mass is 399 g/mol. The van der Waals surface area contributed by atoms with E-state index in [4.69, 9.17) is 0 Å². The first-order valence-electron chi connectivity index (χ1n) is 9.77. The van der Waals surface area contributed by atoms with Crippen LogP contribution in [0.5, 0.6) is 0 Å². The molecule has 0 unspecified atom stereocenters. The predicted octanol–water partition coefficient (Wildman–Crippen LogP) is 3.45. The summed E-state index contributed by atoms with van der Waals surface area (Å²) >= 11 is 0. The van der Waals surface area contributed by atoms with Crippen molar-refractivity contribution in [2.24, 2.45) is 0 Å². The SMILES string of the molecule is O=C(Nc1ccccc1)N1CCc2ccc(S(=O)(=O)N3CCCCC3)cc2C1. The third-order valence-electron chi connectivity index (χ3n) is 5.46. The molecule has 0 atom stereocenters. The molecule has 148 valence electrons. The fourth-order valence-corrected chi connectivity index (χ4v) is 5.41. The van der Waals surface area contributed by atoms with Gasteiger partial charge in [0.05, 0.1) is 4.90 Å². The maximum absolute atomic E-state index is 13.0. The summed E-state index contributed by atoms with van der Waals surface area (Å²) in [5, 5.41) is 2.90. The first kappa shape index (κ1) is 19.0. The Balaban J connectivity index is 1.51. The lowest BCUT2D eigenvalue weighted by Crippen LogP contribution is -2.39. The Bertz CT molecular complexity index is 954. The van der Waals surface area contributed by atoms with Crippen LogP contribution in [-0.2, 0) is 23.0 Å². The third-order valence-corrected chi connectivity index (χ3v) is 7.35. The van der Waals surface area contributed by atoms with Gasteiger partial charge < -0.3 is 10.2 Å². The molecule has 6 nitrogen and oxygen atoms in total. The van der Waals surface area contributed by atoms with Gasteiger partial charge in [0.15, 0.2) is 0 Å². The van der Waals surface area contributed by atoms with Crippen molar-refractivity contribution in [3.63, 3.8) is 0 Å². The van der Waals surface area contributed by atoms with Crippen LogP contribution in [0.4, 0.5) is 10.5 Å². The number of nitrogens with zero attached hydrogens (tertiary/aromatic N) is 2. The van der Waals surface area contributed by atoms with Crippen LogP contribution in [0.25, 0.3) is 0 Å². The van der Waals surface area contributed by atoms with Crippen LogP contribution in [0.15, 0.2) is 53.4 Å². The Kier molecular flexibility index (Phi) is 5.37. The first-order valence-corrected chi connectivity index (χ1v) is 11.2. The Morgan fingerprint density at radius 1 is 0.893 bits per heavy atom. The highest BCUT2D eigenvalue weighted by Crippen LogP contribution is 2.26. The predicted molar refractivity (Wildman–Crippen MR) is 109 cm³/mol. The van der Waals surface area contributed by atoms with Crippen molar-refractivity contribution in [1.29, 1.82) is 0 Å². The summed E-state index contributed by atoms with van der Waals surface area (Å²) in [5.41, 5.74) is 2.77. The maximum Gasteiger partial charge on any atom is 0.322 e. The van der Waals surface area contributed by atoms with E-state index in [0.717, 1.165) is 42.5 Å². The second-order valence-corrected chi connectivity index (χ2v) is 9.30. The lowest BCUT2D eigenvalue weighted by molar-refractivity contribution is 0.206. The van der Waals surface area contributed by atoms with Crippen molar-refractivity contribution in [2.45, 2.75) is 37.1 Å². The smallest absolute Gasteiger partial charge is 0.320 e. The minimum absolute atomic E-state index is 0.166. The fourth-order valence-electron chi connectivity index (χ4n) is 3.85. The number of piperidine rings is 1. The van der Waals surface area contributed by atoms with E-state index in [1.165, 1.54) is 0 Å². The summed E-state index contributed by atoms with van der Waals surface area (Å²) in [6.07, 6.45) is 3.64. The number of rotatable bonds is 3. The molecule has 0 bridgehead atoms. The molecule has 1 N–H and O–H groups in total. The van der Waals surface area contributed by atoms with E-state index < -0.39 is 10.0 Å². The second kappa shape index (κ2) is 7.93. The highest BCUT2D eigenvalue weighted by molar-refractivity contribution is 7.89. The van der Waals surface area contributed by atoms with Gasteiger partial charge >= 0.3 is 6.03 Å². The van der Waals surface area contributed by atoms with Gasteiger partial charge in [0.25, 0.3) is 0 Å². The number of para-hydroxylation sites is 1. The van der Waals surface area contributed by atoms with Crippen molar-refractivity contribution in [2.75, 3.05) is 25.0 Å². The summed E-state index contributed by atoms with van der Waals surface area (Å²) < 4.78 is 27.5. The molecule has 2 aromatic carbocycles. The Labute approximate surface area is 166 Å². The number of amides is 2. The lowest BCUT2D eigenvalue weighted by Gasteiger charge is -2.30. The van der Waals surface area contributed by atoms with Crippen molar-refractivity contribution in [3.05, 3.63) is 59.7 Å². The van der Waals surface area contributed by atoms with Crippen LogP contribution in [0, 0.1) is 0 Å². The molecular formula is C21H25N3O3S. The standard InChI is InChI=1S/C21H25N3O3S/c25-21(22-19-7-3-1-4-8-19)23-14-11-17-9-10-20(15-18(17)16-23)28(26,27)24-12-5-2-6-13-24/h1,3-4,7-10,15H,2,5-6,11-14,16H2,(H,22,25). The average Bonchev–Trinajstić information content (AvgIpc) is 2.74. The molecule has 0 aromatic heterocycles. The van der Waals surface area contributed by atoms with Crippen LogP contribution in [-0.4, -0.2) is 43.3 Å². The highest BCUT2D eigenvalue weighted by Gasteiger charge is 2.28. The van der Waals surface area contributed by atoms with E-state index in [1.54, 1.807) is 21.3 Å². The number of carbonyl (C=O) groups is 1. The van der Waals surface area contributed by atoms with Gasteiger partial charge in [0, 0.05) is 31.9 Å². The maximum atomic E-state index is 13.0. The molecule has 1 fully saturated rings. The van der Waals surface area contributed by atoms with E-state index >= 15 is 0 Å². The molecule has 2 amide bonds. The van der Waals surface area contributed by atoms with Crippen molar-refractivity contribution in [3.8, 4) is 0 Å². The third kappa shape index (κ3) is 3.91. The van der Waals surface area contributed by atoms with Crippen molar-refractivity contribution < 1.29 is 13.2 Å². The van der Waals surface area contributed by atoms with Crippen molar-refractivity contribution >= 4 is 21.7 Å². The summed E-state index contributed by atoms with van der Waals surface area (Å²) in [7, 11) is -3.47. The summed E-state index contributed by atoms with van der Waals surface area (Å²) in [4.78, 5) is 14.7. The van der Waals surface area contributed by atoms with Gasteiger partial charge in [-0.15, -0.1) is 0 Å². The number of carbonyl (C=O) groups excluding carboxylic acids is 1. The van der Waals surface area contributed by atoms with Crippen LogP contribution >= 0.6 is 0 Å². The number of benzene rings is 2. The minimum atomic E-state index is -3.47. The largest absolute Gasteiger partial charge is 0.322 e. The van der Waals surface area contributed by atoms with E-state index in [2.05, 4.69) is 5.32 Å². The Morgan fingerprint density at radius 2 is 1.64 bits per heavy atom. The molecule has 2 aliphatic rings.